The molecule has 0 saturated carbocycles. The van der Waals surface area contributed by atoms with Crippen molar-refractivity contribution in [2.45, 2.75) is 6.92 Å². The van der Waals surface area contributed by atoms with Crippen molar-refractivity contribution >= 4 is 34.9 Å². The van der Waals surface area contributed by atoms with E-state index in [9.17, 15) is 0 Å². The normalized spacial score (nSPS) is 10.4. The average molecular weight is 200 g/mol. The van der Waals surface area contributed by atoms with Crippen molar-refractivity contribution in [3.63, 3.8) is 0 Å². The SMILES string of the molecule is Cc1csc(/C=N/NC(N)=S)n1. The third-order valence-corrected chi connectivity index (χ3v) is 1.97. The summed E-state index contributed by atoms with van der Waals surface area (Å²) in [5, 5.41) is 6.69. The van der Waals surface area contributed by atoms with Crippen molar-refractivity contribution in [3.05, 3.63) is 16.1 Å². The van der Waals surface area contributed by atoms with Gasteiger partial charge < -0.3 is 5.73 Å². The first kappa shape index (κ1) is 9.08. The molecule has 1 heterocycles. The van der Waals surface area contributed by atoms with Gasteiger partial charge in [-0.25, -0.2) is 4.98 Å². The highest BCUT2D eigenvalue weighted by atomic mass is 32.1. The molecule has 0 fully saturated rings. The summed E-state index contributed by atoms with van der Waals surface area (Å²) in [6, 6.07) is 0. The molecular weight excluding hydrogens is 192 g/mol. The molecule has 0 bridgehead atoms. The summed E-state index contributed by atoms with van der Waals surface area (Å²) >= 11 is 6.07. The lowest BCUT2D eigenvalue weighted by Crippen LogP contribution is -2.23. The fraction of sp³-hybridized carbons (Fsp3) is 0.167. The maximum Gasteiger partial charge on any atom is 0.184 e. The van der Waals surface area contributed by atoms with Crippen molar-refractivity contribution in [1.29, 1.82) is 0 Å². The standard InChI is InChI=1S/C6H8N4S2/c1-4-3-12-5(9-4)2-8-10-6(7)11/h2-3H,1H3,(H3,7,10,11)/b8-2+. The lowest BCUT2D eigenvalue weighted by Gasteiger charge is -1.90. The summed E-state index contributed by atoms with van der Waals surface area (Å²) in [6.07, 6.45) is 1.58. The molecule has 1 aromatic rings. The lowest BCUT2D eigenvalue weighted by molar-refractivity contribution is 1.04. The van der Waals surface area contributed by atoms with Gasteiger partial charge >= 0.3 is 0 Å². The molecule has 6 heteroatoms. The van der Waals surface area contributed by atoms with Crippen molar-refractivity contribution in [2.24, 2.45) is 10.8 Å². The highest BCUT2D eigenvalue weighted by molar-refractivity contribution is 7.80. The molecule has 3 N–H and O–H groups in total. The van der Waals surface area contributed by atoms with Crippen LogP contribution in [0.15, 0.2) is 10.5 Å². The van der Waals surface area contributed by atoms with Crippen LogP contribution in [0.25, 0.3) is 0 Å². The van der Waals surface area contributed by atoms with Crippen LogP contribution in [0, 0.1) is 6.92 Å². The van der Waals surface area contributed by atoms with Crippen LogP contribution in [-0.4, -0.2) is 16.3 Å². The fourth-order valence-corrected chi connectivity index (χ4v) is 1.29. The second kappa shape index (κ2) is 4.13. The second-order valence-electron chi connectivity index (χ2n) is 2.06. The number of nitrogens with two attached hydrogens (primary N) is 1. The average Bonchev–Trinajstić information content (AvgIpc) is 2.35. The van der Waals surface area contributed by atoms with Crippen LogP contribution in [0.1, 0.15) is 10.7 Å². The minimum atomic E-state index is 0.152. The molecule has 0 atom stereocenters. The van der Waals surface area contributed by atoms with Crippen molar-refractivity contribution in [2.75, 3.05) is 0 Å². The van der Waals surface area contributed by atoms with E-state index < -0.39 is 0 Å². The number of rotatable bonds is 2. The molecule has 0 spiro atoms. The number of nitrogens with one attached hydrogen (secondary N) is 1. The van der Waals surface area contributed by atoms with E-state index in [4.69, 9.17) is 5.73 Å². The van der Waals surface area contributed by atoms with Crippen molar-refractivity contribution in [3.8, 4) is 0 Å². The summed E-state index contributed by atoms with van der Waals surface area (Å²) in [6.45, 7) is 1.93. The Labute approximate surface area is 79.5 Å². The fourth-order valence-electron chi connectivity index (χ4n) is 0.583. The van der Waals surface area contributed by atoms with Gasteiger partial charge in [0.15, 0.2) is 5.11 Å². The molecule has 4 nitrogen and oxygen atoms in total. The summed E-state index contributed by atoms with van der Waals surface area (Å²) < 4.78 is 0. The van der Waals surface area contributed by atoms with Gasteiger partial charge in [0.25, 0.3) is 0 Å². The highest BCUT2D eigenvalue weighted by Crippen LogP contribution is 2.04. The smallest absolute Gasteiger partial charge is 0.184 e. The maximum absolute atomic E-state index is 5.15. The lowest BCUT2D eigenvalue weighted by atomic mass is 10.6. The molecule has 1 rings (SSSR count). The zero-order valence-electron chi connectivity index (χ0n) is 6.44. The first-order valence-electron chi connectivity index (χ1n) is 3.19. The van der Waals surface area contributed by atoms with E-state index in [1.807, 2.05) is 12.3 Å². The topological polar surface area (TPSA) is 63.3 Å². The Balaban J connectivity index is 2.52. The molecule has 0 aliphatic heterocycles. The van der Waals surface area contributed by atoms with Gasteiger partial charge in [0.1, 0.15) is 5.01 Å². The quantitative estimate of drug-likeness (QED) is 0.417. The number of hydrazone groups is 1. The van der Waals surface area contributed by atoms with E-state index in [0.29, 0.717) is 0 Å². The number of thiocarbonyl (C=S) groups is 1. The van der Waals surface area contributed by atoms with Gasteiger partial charge in [-0.2, -0.15) is 5.10 Å². The van der Waals surface area contributed by atoms with E-state index >= 15 is 0 Å². The summed E-state index contributed by atoms with van der Waals surface area (Å²) in [7, 11) is 0. The molecule has 0 aliphatic rings. The third-order valence-electron chi connectivity index (χ3n) is 0.987. The Morgan fingerprint density at radius 2 is 2.67 bits per heavy atom. The maximum atomic E-state index is 5.15. The van der Waals surface area contributed by atoms with Crippen LogP contribution in [0.2, 0.25) is 0 Å². The van der Waals surface area contributed by atoms with E-state index in [0.717, 1.165) is 10.7 Å². The summed E-state index contributed by atoms with van der Waals surface area (Å²) in [5.74, 6) is 0. The predicted octanol–water partition coefficient (Wildman–Crippen LogP) is 0.619. The van der Waals surface area contributed by atoms with Gasteiger partial charge in [0.2, 0.25) is 0 Å². The zero-order chi connectivity index (χ0) is 8.97. The van der Waals surface area contributed by atoms with Gasteiger partial charge in [0.05, 0.1) is 6.21 Å². The number of aromatic nitrogens is 1. The Kier molecular flexibility index (Phi) is 3.12. The van der Waals surface area contributed by atoms with E-state index in [2.05, 4.69) is 27.7 Å². The molecule has 0 saturated heterocycles. The number of hydrogen-bond acceptors (Lipinski definition) is 4. The van der Waals surface area contributed by atoms with Crippen LogP contribution in [0.3, 0.4) is 0 Å². The highest BCUT2D eigenvalue weighted by Gasteiger charge is 1.92. The number of thiazole rings is 1. The number of hydrogen-bond donors (Lipinski definition) is 2. The van der Waals surface area contributed by atoms with Crippen molar-refractivity contribution < 1.29 is 0 Å². The number of nitrogens with zero attached hydrogens (tertiary/aromatic N) is 2. The molecule has 64 valence electrons. The Morgan fingerprint density at radius 1 is 1.92 bits per heavy atom. The first-order valence-corrected chi connectivity index (χ1v) is 4.48. The Hall–Kier alpha value is -1.01. The number of aryl methyl sites for hydroxylation is 1. The van der Waals surface area contributed by atoms with E-state index in [1.165, 1.54) is 11.3 Å². The van der Waals surface area contributed by atoms with Crippen LogP contribution < -0.4 is 11.2 Å². The van der Waals surface area contributed by atoms with E-state index in [-0.39, 0.29) is 5.11 Å². The van der Waals surface area contributed by atoms with Gasteiger partial charge in [-0.15, -0.1) is 11.3 Å². The van der Waals surface area contributed by atoms with Gasteiger partial charge in [0, 0.05) is 11.1 Å². The molecule has 0 aromatic carbocycles. The van der Waals surface area contributed by atoms with Crippen molar-refractivity contribution in [1.82, 2.24) is 10.4 Å². The molecule has 0 amide bonds. The molecular formula is C6H8N4S2. The Bertz CT molecular complexity index is 304. The van der Waals surface area contributed by atoms with Crippen LogP contribution in [0.4, 0.5) is 0 Å². The summed E-state index contributed by atoms with van der Waals surface area (Å²) in [5.41, 5.74) is 8.58. The second-order valence-corrected chi connectivity index (χ2v) is 3.39. The van der Waals surface area contributed by atoms with Crippen LogP contribution >= 0.6 is 23.6 Å². The van der Waals surface area contributed by atoms with E-state index in [1.54, 1.807) is 6.21 Å². The minimum absolute atomic E-state index is 0.152. The third kappa shape index (κ3) is 2.93. The molecule has 0 aliphatic carbocycles. The minimum Gasteiger partial charge on any atom is -0.375 e. The zero-order valence-corrected chi connectivity index (χ0v) is 8.08. The first-order chi connectivity index (χ1) is 5.68. The Morgan fingerprint density at radius 3 is 3.17 bits per heavy atom. The molecule has 0 radical (unpaired) electrons. The van der Waals surface area contributed by atoms with Crippen LogP contribution in [-0.2, 0) is 0 Å². The molecule has 1 aromatic heterocycles. The monoisotopic (exact) mass is 200 g/mol. The summed E-state index contributed by atoms with van der Waals surface area (Å²) in [4.78, 5) is 4.15. The predicted molar refractivity (Wildman–Crippen MR) is 54.4 cm³/mol. The molecule has 12 heavy (non-hydrogen) atoms. The van der Waals surface area contributed by atoms with Crippen LogP contribution in [0.5, 0.6) is 0 Å². The van der Waals surface area contributed by atoms with Gasteiger partial charge in [-0.3, -0.25) is 5.43 Å². The van der Waals surface area contributed by atoms with Gasteiger partial charge in [-0.05, 0) is 19.1 Å². The molecule has 0 unspecified atom stereocenters. The largest absolute Gasteiger partial charge is 0.375 e. The van der Waals surface area contributed by atoms with Gasteiger partial charge in [-0.1, -0.05) is 0 Å².